The van der Waals surface area contributed by atoms with Crippen molar-refractivity contribution in [3.8, 4) is 58.9 Å². The minimum absolute atomic E-state index is 0.0326. The fourth-order valence-electron chi connectivity index (χ4n) is 5.00. The SMILES string of the molecule is N#CN=c1c(-c2ccccc2)c(C#N)c2c(C#N)c3c(=NC#N)c(-c4ccccc4)c(C#N)c3c(C#N)c12. The Bertz CT molecular complexity index is 2010. The summed E-state index contributed by atoms with van der Waals surface area (Å²) in [6.07, 6.45) is 3.50. The molecule has 0 unspecified atom stereocenters. The summed E-state index contributed by atoms with van der Waals surface area (Å²) in [5.74, 6) is 0. The second kappa shape index (κ2) is 9.23. The van der Waals surface area contributed by atoms with Crippen LogP contribution < -0.4 is 10.7 Å². The molecule has 8 heteroatoms. The van der Waals surface area contributed by atoms with Gasteiger partial charge in [0, 0.05) is 32.7 Å². The molecule has 8 nitrogen and oxygen atoms in total. The third-order valence-electron chi connectivity index (χ3n) is 6.34. The minimum Gasteiger partial charge on any atom is -0.192 e. The number of hydrogen-bond donors (Lipinski definition) is 0. The first-order valence-corrected chi connectivity index (χ1v) is 11.1. The molecular weight excluding hydrogens is 472 g/mol. The van der Waals surface area contributed by atoms with Crippen LogP contribution in [0.3, 0.4) is 0 Å². The molecule has 0 aliphatic carbocycles. The van der Waals surface area contributed by atoms with Gasteiger partial charge in [-0.15, -0.1) is 0 Å². The molecule has 5 aromatic carbocycles. The van der Waals surface area contributed by atoms with E-state index in [9.17, 15) is 31.6 Å². The van der Waals surface area contributed by atoms with E-state index in [1.54, 1.807) is 73.0 Å². The molecule has 0 aliphatic heterocycles. The van der Waals surface area contributed by atoms with Crippen molar-refractivity contribution in [2.45, 2.75) is 0 Å². The van der Waals surface area contributed by atoms with Crippen LogP contribution in [0.5, 0.6) is 0 Å². The second-order valence-corrected chi connectivity index (χ2v) is 8.05. The second-order valence-electron chi connectivity index (χ2n) is 8.05. The number of fused-ring (bicyclic) bond motifs is 2. The molecule has 0 bridgehead atoms. The largest absolute Gasteiger partial charge is 0.206 e. The van der Waals surface area contributed by atoms with Crippen LogP contribution in [0.4, 0.5) is 0 Å². The zero-order valence-corrected chi connectivity index (χ0v) is 19.4. The summed E-state index contributed by atoms with van der Waals surface area (Å²) in [6.45, 7) is 0. The van der Waals surface area contributed by atoms with Gasteiger partial charge in [0.15, 0.2) is 0 Å². The summed E-state index contributed by atoms with van der Waals surface area (Å²) >= 11 is 0. The molecule has 38 heavy (non-hydrogen) atoms. The summed E-state index contributed by atoms with van der Waals surface area (Å²) in [7, 11) is 0. The van der Waals surface area contributed by atoms with Gasteiger partial charge in [0.1, 0.15) is 24.3 Å². The number of nitriles is 6. The molecule has 0 aromatic heterocycles. The summed E-state index contributed by atoms with van der Waals surface area (Å²) in [5, 5.41) is 61.1. The lowest BCUT2D eigenvalue weighted by atomic mass is 9.94. The van der Waals surface area contributed by atoms with Crippen LogP contribution in [0.1, 0.15) is 22.3 Å². The Kier molecular flexibility index (Phi) is 5.63. The van der Waals surface area contributed by atoms with E-state index in [4.69, 9.17) is 0 Å². The zero-order chi connectivity index (χ0) is 26.8. The van der Waals surface area contributed by atoms with Crippen molar-refractivity contribution in [1.29, 1.82) is 31.6 Å². The van der Waals surface area contributed by atoms with Crippen molar-refractivity contribution < 1.29 is 0 Å². The molecule has 0 heterocycles. The molecule has 0 N–H and O–H groups in total. The van der Waals surface area contributed by atoms with Crippen molar-refractivity contribution in [3.63, 3.8) is 0 Å². The van der Waals surface area contributed by atoms with Gasteiger partial charge in [0.25, 0.3) is 0 Å². The Hall–Kier alpha value is -6.58. The highest BCUT2D eigenvalue weighted by Crippen LogP contribution is 2.40. The Morgan fingerprint density at radius 1 is 0.421 bits per heavy atom. The number of nitrogens with zero attached hydrogens (tertiary/aromatic N) is 8. The Morgan fingerprint density at radius 3 is 1.05 bits per heavy atom. The van der Waals surface area contributed by atoms with E-state index in [0.29, 0.717) is 22.3 Å². The van der Waals surface area contributed by atoms with Crippen molar-refractivity contribution in [2.24, 2.45) is 9.98 Å². The van der Waals surface area contributed by atoms with Crippen molar-refractivity contribution in [3.05, 3.63) is 93.6 Å². The smallest absolute Gasteiger partial charge is 0.192 e. The van der Waals surface area contributed by atoms with Gasteiger partial charge >= 0.3 is 0 Å². The number of benzene rings is 3. The highest BCUT2D eigenvalue weighted by Gasteiger charge is 2.30. The molecule has 0 saturated heterocycles. The topological polar surface area (TPSA) is 167 Å². The normalized spacial score (nSPS) is 11.3. The quantitative estimate of drug-likeness (QED) is 0.337. The number of rotatable bonds is 2. The molecule has 0 amide bonds. The third-order valence-corrected chi connectivity index (χ3v) is 6.34. The van der Waals surface area contributed by atoms with Crippen LogP contribution in [0, 0.1) is 68.2 Å². The van der Waals surface area contributed by atoms with Crippen LogP contribution in [-0.2, 0) is 0 Å². The predicted molar refractivity (Wildman–Crippen MR) is 136 cm³/mol. The van der Waals surface area contributed by atoms with Crippen LogP contribution in [0.15, 0.2) is 70.6 Å². The molecule has 0 radical (unpaired) electrons. The lowest BCUT2D eigenvalue weighted by molar-refractivity contribution is 1.35. The molecule has 0 spiro atoms. The van der Waals surface area contributed by atoms with Gasteiger partial charge < -0.3 is 0 Å². The fourth-order valence-corrected chi connectivity index (χ4v) is 5.00. The molecule has 5 rings (SSSR count). The van der Waals surface area contributed by atoms with Crippen LogP contribution >= 0.6 is 0 Å². The average Bonchev–Trinajstić information content (AvgIpc) is 3.46. The standard InChI is InChI=1S/C30H10N8/c31-11-19-23(17-7-3-1-4-8-17)29(37-15-35)27-22(14-34)26-20(12-32)24(18-9-5-2-6-10-18)30(38-16-36)28(26)21(13-33)25(19)27/h1-10H. The van der Waals surface area contributed by atoms with Crippen molar-refractivity contribution in [2.75, 3.05) is 0 Å². The molecule has 170 valence electrons. The van der Waals surface area contributed by atoms with Crippen molar-refractivity contribution >= 4 is 21.5 Å². The van der Waals surface area contributed by atoms with E-state index in [2.05, 4.69) is 34.3 Å². The Balaban J connectivity index is 2.23. The number of hydrogen-bond acceptors (Lipinski definition) is 8. The first-order chi connectivity index (χ1) is 18.7. The van der Waals surface area contributed by atoms with E-state index in [1.165, 1.54) is 0 Å². The van der Waals surface area contributed by atoms with Gasteiger partial charge in [-0.05, 0) is 11.1 Å². The molecule has 5 aromatic rings. The Morgan fingerprint density at radius 2 is 0.763 bits per heavy atom. The van der Waals surface area contributed by atoms with Gasteiger partial charge in [0.2, 0.25) is 12.4 Å². The molecule has 0 aliphatic rings. The van der Waals surface area contributed by atoms with Crippen LogP contribution in [0.25, 0.3) is 43.8 Å². The first kappa shape index (κ1) is 23.2. The van der Waals surface area contributed by atoms with E-state index in [0.717, 1.165) is 0 Å². The Labute approximate surface area is 215 Å². The van der Waals surface area contributed by atoms with Gasteiger partial charge in [-0.3, -0.25) is 0 Å². The highest BCUT2D eigenvalue weighted by molar-refractivity contribution is 6.18. The summed E-state index contributed by atoms with van der Waals surface area (Å²) in [6, 6.07) is 26.0. The molecule has 0 fully saturated rings. The lowest BCUT2D eigenvalue weighted by Crippen LogP contribution is -2.06. The lowest BCUT2D eigenvalue weighted by Gasteiger charge is -2.03. The van der Waals surface area contributed by atoms with E-state index in [-0.39, 0.29) is 54.5 Å². The van der Waals surface area contributed by atoms with Gasteiger partial charge in [-0.2, -0.15) is 41.6 Å². The molecule has 0 atom stereocenters. The van der Waals surface area contributed by atoms with E-state index < -0.39 is 0 Å². The maximum absolute atomic E-state index is 10.4. The van der Waals surface area contributed by atoms with Crippen LogP contribution in [-0.4, -0.2) is 0 Å². The highest BCUT2D eigenvalue weighted by atomic mass is 14.7. The molecule has 0 saturated carbocycles. The van der Waals surface area contributed by atoms with Crippen LogP contribution in [0.2, 0.25) is 0 Å². The van der Waals surface area contributed by atoms with E-state index >= 15 is 0 Å². The maximum Gasteiger partial charge on any atom is 0.206 e. The maximum atomic E-state index is 10.4. The summed E-state index contributed by atoms with van der Waals surface area (Å²) in [5.41, 5.74) is 1.77. The van der Waals surface area contributed by atoms with Gasteiger partial charge in [-0.25, -0.2) is 0 Å². The third kappa shape index (κ3) is 3.11. The van der Waals surface area contributed by atoms with E-state index in [1.807, 2.05) is 0 Å². The summed E-state index contributed by atoms with van der Waals surface area (Å²) < 4.78 is 0. The monoisotopic (exact) mass is 482 g/mol. The minimum atomic E-state index is -0.0326. The van der Waals surface area contributed by atoms with Crippen molar-refractivity contribution in [1.82, 2.24) is 0 Å². The zero-order valence-electron chi connectivity index (χ0n) is 19.4. The predicted octanol–water partition coefficient (Wildman–Crippen LogP) is 4.45. The summed E-state index contributed by atoms with van der Waals surface area (Å²) in [4.78, 5) is 7.97. The van der Waals surface area contributed by atoms with Gasteiger partial charge in [0.05, 0.1) is 33.0 Å². The van der Waals surface area contributed by atoms with Gasteiger partial charge in [-0.1, -0.05) is 60.7 Å². The average molecular weight is 482 g/mol. The molecular formula is C30H10N8. The fraction of sp³-hybridized carbons (Fsp3) is 0. The first-order valence-electron chi connectivity index (χ1n) is 11.1.